The van der Waals surface area contributed by atoms with E-state index in [1.165, 1.54) is 0 Å². The molecule has 0 aliphatic carbocycles. The zero-order chi connectivity index (χ0) is 13.4. The minimum Gasteiger partial charge on any atom is -0.397 e. The topological polar surface area (TPSA) is 77.0 Å². The first-order valence-corrected chi connectivity index (χ1v) is 6.96. The number of nitrogens with one attached hydrogen (secondary N) is 1. The van der Waals surface area contributed by atoms with Crippen LogP contribution in [0.1, 0.15) is 0 Å². The molecule has 0 amide bonds. The lowest BCUT2D eigenvalue weighted by Crippen LogP contribution is -1.94. The SMILES string of the molecule is Nc1ccc(Nc2ccc(Br)cc2Br)c2nonc12. The molecule has 0 unspecified atom stereocenters. The van der Waals surface area contributed by atoms with Crippen molar-refractivity contribution in [1.82, 2.24) is 10.3 Å². The highest BCUT2D eigenvalue weighted by molar-refractivity contribution is 9.11. The van der Waals surface area contributed by atoms with Gasteiger partial charge in [0.25, 0.3) is 0 Å². The fourth-order valence-corrected chi connectivity index (χ4v) is 2.87. The molecule has 1 aromatic heterocycles. The van der Waals surface area contributed by atoms with E-state index >= 15 is 0 Å². The molecule has 0 radical (unpaired) electrons. The van der Waals surface area contributed by atoms with E-state index in [2.05, 4.69) is 47.5 Å². The molecule has 3 aromatic rings. The summed E-state index contributed by atoms with van der Waals surface area (Å²) in [5, 5.41) is 10.9. The Morgan fingerprint density at radius 3 is 2.53 bits per heavy atom. The molecule has 0 fully saturated rings. The minimum absolute atomic E-state index is 0.539. The van der Waals surface area contributed by atoms with Crippen LogP contribution in [0.15, 0.2) is 43.9 Å². The molecule has 0 atom stereocenters. The molecule has 3 N–H and O–H groups in total. The van der Waals surface area contributed by atoms with Gasteiger partial charge in [0.2, 0.25) is 0 Å². The number of anilines is 3. The molecule has 2 aromatic carbocycles. The van der Waals surface area contributed by atoms with Crippen LogP contribution >= 0.6 is 31.9 Å². The van der Waals surface area contributed by atoms with Gasteiger partial charge in [0.1, 0.15) is 0 Å². The lowest BCUT2D eigenvalue weighted by molar-refractivity contribution is 0.316. The van der Waals surface area contributed by atoms with E-state index in [1.54, 1.807) is 6.07 Å². The van der Waals surface area contributed by atoms with E-state index in [-0.39, 0.29) is 0 Å². The van der Waals surface area contributed by atoms with Crippen molar-refractivity contribution in [3.05, 3.63) is 39.3 Å². The van der Waals surface area contributed by atoms with Crippen LogP contribution in [0.5, 0.6) is 0 Å². The third-order valence-corrected chi connectivity index (χ3v) is 3.80. The number of fused-ring (bicyclic) bond motifs is 1. The summed E-state index contributed by atoms with van der Waals surface area (Å²) in [4.78, 5) is 0. The van der Waals surface area contributed by atoms with Crippen molar-refractivity contribution in [2.75, 3.05) is 11.1 Å². The zero-order valence-electron chi connectivity index (χ0n) is 9.52. The van der Waals surface area contributed by atoms with Crippen molar-refractivity contribution >= 4 is 60.0 Å². The van der Waals surface area contributed by atoms with E-state index in [9.17, 15) is 0 Å². The van der Waals surface area contributed by atoms with Gasteiger partial charge in [-0.05, 0) is 56.6 Å². The second kappa shape index (κ2) is 4.82. The van der Waals surface area contributed by atoms with Crippen molar-refractivity contribution in [2.45, 2.75) is 0 Å². The molecule has 19 heavy (non-hydrogen) atoms. The molecule has 7 heteroatoms. The second-order valence-corrected chi connectivity index (χ2v) is 5.68. The fraction of sp³-hybridized carbons (Fsp3) is 0. The van der Waals surface area contributed by atoms with Gasteiger partial charge < -0.3 is 11.1 Å². The predicted molar refractivity (Wildman–Crippen MR) is 81.3 cm³/mol. The normalized spacial score (nSPS) is 10.8. The molecule has 0 aliphatic rings. The lowest BCUT2D eigenvalue weighted by Gasteiger charge is -2.09. The number of rotatable bonds is 2. The summed E-state index contributed by atoms with van der Waals surface area (Å²) in [6.07, 6.45) is 0. The molecule has 3 rings (SSSR count). The van der Waals surface area contributed by atoms with E-state index in [4.69, 9.17) is 10.4 Å². The Labute approximate surface area is 125 Å². The van der Waals surface area contributed by atoms with Gasteiger partial charge in [-0.1, -0.05) is 15.9 Å². The number of halogens is 2. The van der Waals surface area contributed by atoms with Gasteiger partial charge in [0.15, 0.2) is 11.0 Å². The maximum absolute atomic E-state index is 5.81. The third-order valence-electron chi connectivity index (χ3n) is 2.65. The quantitative estimate of drug-likeness (QED) is 0.652. The molecule has 0 saturated heterocycles. The van der Waals surface area contributed by atoms with Gasteiger partial charge in [-0.2, -0.15) is 0 Å². The van der Waals surface area contributed by atoms with Crippen molar-refractivity contribution in [3.8, 4) is 0 Å². The fourth-order valence-electron chi connectivity index (χ4n) is 1.72. The van der Waals surface area contributed by atoms with Gasteiger partial charge in [-0.25, -0.2) is 4.63 Å². The van der Waals surface area contributed by atoms with Crippen LogP contribution in [0.3, 0.4) is 0 Å². The Kier molecular flexibility index (Phi) is 3.16. The molecule has 96 valence electrons. The Balaban J connectivity index is 2.06. The molecular weight excluding hydrogens is 376 g/mol. The summed E-state index contributed by atoms with van der Waals surface area (Å²) in [6.45, 7) is 0. The van der Waals surface area contributed by atoms with Crippen LogP contribution < -0.4 is 11.1 Å². The molecule has 0 spiro atoms. The highest BCUT2D eigenvalue weighted by Crippen LogP contribution is 2.32. The summed E-state index contributed by atoms with van der Waals surface area (Å²) in [7, 11) is 0. The number of hydrogen-bond acceptors (Lipinski definition) is 5. The highest BCUT2D eigenvalue weighted by Gasteiger charge is 2.11. The Bertz CT molecular complexity index is 757. The minimum atomic E-state index is 0.539. The van der Waals surface area contributed by atoms with E-state index in [0.717, 1.165) is 20.3 Å². The first-order valence-electron chi connectivity index (χ1n) is 5.38. The standard InChI is InChI=1S/C12H8Br2N4O/c13-6-1-3-9(7(14)5-6)16-10-4-2-8(15)11-12(10)18-19-17-11/h1-5,16H,15H2. The molecule has 0 aliphatic heterocycles. The monoisotopic (exact) mass is 382 g/mol. The molecule has 1 heterocycles. The van der Waals surface area contributed by atoms with Crippen molar-refractivity contribution in [3.63, 3.8) is 0 Å². The Hall–Kier alpha value is -1.60. The van der Waals surface area contributed by atoms with Crippen molar-refractivity contribution in [1.29, 1.82) is 0 Å². The maximum Gasteiger partial charge on any atom is 0.160 e. The number of hydrogen-bond donors (Lipinski definition) is 2. The van der Waals surface area contributed by atoms with Crippen molar-refractivity contribution in [2.24, 2.45) is 0 Å². The molecule has 5 nitrogen and oxygen atoms in total. The first-order chi connectivity index (χ1) is 9.15. The summed E-state index contributed by atoms with van der Waals surface area (Å²) in [5.74, 6) is 0. The van der Waals surface area contributed by atoms with Crippen LogP contribution in [0.2, 0.25) is 0 Å². The van der Waals surface area contributed by atoms with Gasteiger partial charge in [0, 0.05) is 8.95 Å². The summed E-state index contributed by atoms with van der Waals surface area (Å²) < 4.78 is 6.66. The smallest absolute Gasteiger partial charge is 0.160 e. The molecule has 0 saturated carbocycles. The average molecular weight is 384 g/mol. The third kappa shape index (κ3) is 2.31. The number of nitrogen functional groups attached to an aromatic ring is 1. The predicted octanol–water partition coefficient (Wildman–Crippen LogP) is 4.07. The van der Waals surface area contributed by atoms with E-state index < -0.39 is 0 Å². The number of nitrogens with two attached hydrogens (primary N) is 1. The zero-order valence-corrected chi connectivity index (χ0v) is 12.7. The second-order valence-electron chi connectivity index (χ2n) is 3.91. The largest absolute Gasteiger partial charge is 0.397 e. The number of aromatic nitrogens is 2. The van der Waals surface area contributed by atoms with Gasteiger partial charge in [-0.3, -0.25) is 0 Å². The van der Waals surface area contributed by atoms with Crippen LogP contribution in [-0.4, -0.2) is 10.3 Å². The number of nitrogens with zero attached hydrogens (tertiary/aromatic N) is 2. The van der Waals surface area contributed by atoms with Crippen LogP contribution in [0, 0.1) is 0 Å². The summed E-state index contributed by atoms with van der Waals surface area (Å²) in [6, 6.07) is 9.46. The van der Waals surface area contributed by atoms with Gasteiger partial charge >= 0.3 is 0 Å². The first kappa shape index (κ1) is 12.4. The number of benzene rings is 2. The Morgan fingerprint density at radius 2 is 1.74 bits per heavy atom. The molecular formula is C12H8Br2N4O. The molecule has 0 bridgehead atoms. The van der Waals surface area contributed by atoms with Crippen LogP contribution in [-0.2, 0) is 0 Å². The van der Waals surface area contributed by atoms with Gasteiger partial charge in [-0.15, -0.1) is 0 Å². The van der Waals surface area contributed by atoms with E-state index in [0.29, 0.717) is 16.7 Å². The average Bonchev–Trinajstić information content (AvgIpc) is 2.86. The van der Waals surface area contributed by atoms with E-state index in [1.807, 2.05) is 24.3 Å². The van der Waals surface area contributed by atoms with Gasteiger partial charge in [0.05, 0.1) is 17.1 Å². The maximum atomic E-state index is 5.81. The van der Waals surface area contributed by atoms with Crippen LogP contribution in [0.25, 0.3) is 11.0 Å². The summed E-state index contributed by atoms with van der Waals surface area (Å²) in [5.41, 5.74) is 9.21. The lowest BCUT2D eigenvalue weighted by atomic mass is 10.2. The Morgan fingerprint density at radius 1 is 1.00 bits per heavy atom. The van der Waals surface area contributed by atoms with Crippen LogP contribution in [0.4, 0.5) is 17.1 Å². The van der Waals surface area contributed by atoms with Crippen molar-refractivity contribution < 1.29 is 4.63 Å². The highest BCUT2D eigenvalue weighted by atomic mass is 79.9. The summed E-state index contributed by atoms with van der Waals surface area (Å²) >= 11 is 6.91.